The predicted octanol–water partition coefficient (Wildman–Crippen LogP) is 3.18. The quantitative estimate of drug-likeness (QED) is 0.773. The lowest BCUT2D eigenvalue weighted by atomic mass is 9.96. The fourth-order valence-corrected chi connectivity index (χ4v) is 4.57. The molecule has 6 nitrogen and oxygen atoms in total. The van der Waals surface area contributed by atoms with Gasteiger partial charge in [0.05, 0.1) is 6.10 Å². The summed E-state index contributed by atoms with van der Waals surface area (Å²) in [5.41, 5.74) is 4.21. The van der Waals surface area contributed by atoms with Gasteiger partial charge in [-0.15, -0.1) is 0 Å². The van der Waals surface area contributed by atoms with Crippen molar-refractivity contribution in [2.75, 3.05) is 49.1 Å². The molecule has 1 amide bonds. The molecule has 2 aliphatic heterocycles. The van der Waals surface area contributed by atoms with Crippen molar-refractivity contribution in [2.24, 2.45) is 5.92 Å². The van der Waals surface area contributed by atoms with Gasteiger partial charge in [-0.2, -0.15) is 0 Å². The van der Waals surface area contributed by atoms with E-state index in [4.69, 9.17) is 0 Å². The van der Waals surface area contributed by atoms with Gasteiger partial charge in [0, 0.05) is 56.6 Å². The highest BCUT2D eigenvalue weighted by Crippen LogP contribution is 2.31. The summed E-state index contributed by atoms with van der Waals surface area (Å²) in [5, 5.41) is 20.4. The average Bonchev–Trinajstić information content (AvgIpc) is 2.78. The maximum Gasteiger partial charge on any atom is 0.229 e. The summed E-state index contributed by atoms with van der Waals surface area (Å²) in [6, 6.07) is 13.4. The highest BCUT2D eigenvalue weighted by Gasteiger charge is 2.26. The summed E-state index contributed by atoms with van der Waals surface area (Å²) in [6.45, 7) is 8.83. The van der Waals surface area contributed by atoms with E-state index in [-0.39, 0.29) is 17.6 Å². The minimum atomic E-state index is -0.540. The van der Waals surface area contributed by atoms with Crippen LogP contribution in [0.4, 0.5) is 11.4 Å². The van der Waals surface area contributed by atoms with Crippen LogP contribution >= 0.6 is 0 Å². The molecule has 0 spiro atoms. The molecule has 31 heavy (non-hydrogen) atoms. The Balaban J connectivity index is 1.37. The van der Waals surface area contributed by atoms with E-state index >= 15 is 0 Å². The van der Waals surface area contributed by atoms with Crippen LogP contribution in [0.2, 0.25) is 0 Å². The third-order valence-electron chi connectivity index (χ3n) is 6.39. The number of piperazine rings is 1. The van der Waals surface area contributed by atoms with Crippen LogP contribution in [-0.2, 0) is 11.2 Å². The Bertz CT molecular complexity index is 905. The third-order valence-corrected chi connectivity index (χ3v) is 6.39. The number of amides is 1. The lowest BCUT2D eigenvalue weighted by Gasteiger charge is -2.37. The maximum atomic E-state index is 12.5. The number of rotatable bonds is 5. The lowest BCUT2D eigenvalue weighted by Crippen LogP contribution is -2.47. The Morgan fingerprint density at radius 2 is 1.71 bits per heavy atom. The molecule has 0 bridgehead atoms. The molecule has 4 rings (SSSR count). The molecule has 2 N–H and O–H groups in total. The van der Waals surface area contributed by atoms with Crippen LogP contribution in [-0.4, -0.2) is 60.3 Å². The van der Waals surface area contributed by atoms with E-state index in [2.05, 4.69) is 15.9 Å². The standard InChI is InChI=1S/C25H33N3O3/c1-18(2)25(31)28-11-3-4-19-16-20(5-10-23(19)28)24(30)17-26-12-14-27(15-13-26)21-6-8-22(29)9-7-21/h5-10,16,18,24,29-30H,3-4,11-15,17H2,1-2H3/t24-/m0/s1. The minimum Gasteiger partial charge on any atom is -0.508 e. The van der Waals surface area contributed by atoms with Gasteiger partial charge in [-0.3, -0.25) is 9.69 Å². The number of hydrogen-bond acceptors (Lipinski definition) is 5. The second-order valence-corrected chi connectivity index (χ2v) is 8.96. The Hall–Kier alpha value is -2.57. The molecule has 0 aliphatic carbocycles. The zero-order valence-corrected chi connectivity index (χ0v) is 18.5. The number of carbonyl (C=O) groups is 1. The van der Waals surface area contributed by atoms with Gasteiger partial charge in [0.2, 0.25) is 5.91 Å². The number of phenols is 1. The molecule has 0 saturated carbocycles. The Morgan fingerprint density at radius 1 is 1.00 bits per heavy atom. The second-order valence-electron chi connectivity index (χ2n) is 8.96. The number of benzene rings is 2. The summed E-state index contributed by atoms with van der Waals surface area (Å²) in [4.78, 5) is 19.1. The number of aryl methyl sites for hydroxylation is 1. The first-order valence-corrected chi connectivity index (χ1v) is 11.3. The molecule has 2 aromatic carbocycles. The fourth-order valence-electron chi connectivity index (χ4n) is 4.57. The summed E-state index contributed by atoms with van der Waals surface area (Å²) >= 11 is 0. The number of nitrogens with zero attached hydrogens (tertiary/aromatic N) is 3. The molecule has 1 saturated heterocycles. The molecule has 2 heterocycles. The average molecular weight is 424 g/mol. The van der Waals surface area contributed by atoms with Crippen molar-refractivity contribution < 1.29 is 15.0 Å². The van der Waals surface area contributed by atoms with Crippen molar-refractivity contribution in [3.8, 4) is 5.75 Å². The van der Waals surface area contributed by atoms with Crippen molar-refractivity contribution in [2.45, 2.75) is 32.8 Å². The van der Waals surface area contributed by atoms with Gasteiger partial charge >= 0.3 is 0 Å². The van der Waals surface area contributed by atoms with Crippen LogP contribution in [0.5, 0.6) is 5.75 Å². The number of fused-ring (bicyclic) bond motifs is 1. The molecule has 1 fully saturated rings. The van der Waals surface area contributed by atoms with Crippen molar-refractivity contribution in [3.05, 3.63) is 53.6 Å². The van der Waals surface area contributed by atoms with E-state index in [0.29, 0.717) is 6.54 Å². The predicted molar refractivity (Wildman–Crippen MR) is 124 cm³/mol. The van der Waals surface area contributed by atoms with Crippen molar-refractivity contribution >= 4 is 17.3 Å². The SMILES string of the molecule is CC(C)C(=O)N1CCCc2cc([C@@H](O)CN3CCN(c4ccc(O)cc4)CC3)ccc21. The summed E-state index contributed by atoms with van der Waals surface area (Å²) in [6.07, 6.45) is 1.37. The number of aliphatic hydroxyl groups is 1. The van der Waals surface area contributed by atoms with E-state index in [1.165, 1.54) is 0 Å². The fraction of sp³-hybridized carbons (Fsp3) is 0.480. The van der Waals surface area contributed by atoms with E-state index in [9.17, 15) is 15.0 Å². The number of aromatic hydroxyl groups is 1. The smallest absolute Gasteiger partial charge is 0.229 e. The second kappa shape index (κ2) is 9.28. The molecule has 2 aromatic rings. The number of carbonyl (C=O) groups excluding carboxylic acids is 1. The van der Waals surface area contributed by atoms with Gasteiger partial charge in [0.1, 0.15) is 5.75 Å². The lowest BCUT2D eigenvalue weighted by molar-refractivity contribution is -0.121. The first-order valence-electron chi connectivity index (χ1n) is 11.3. The van der Waals surface area contributed by atoms with E-state index < -0.39 is 6.10 Å². The molecule has 0 aromatic heterocycles. The van der Waals surface area contributed by atoms with Crippen molar-refractivity contribution in [3.63, 3.8) is 0 Å². The summed E-state index contributed by atoms with van der Waals surface area (Å²) in [5.74, 6) is 0.435. The minimum absolute atomic E-state index is 0.0172. The number of anilines is 2. The largest absolute Gasteiger partial charge is 0.508 e. The molecule has 166 valence electrons. The van der Waals surface area contributed by atoms with Crippen LogP contribution in [0.3, 0.4) is 0 Å². The van der Waals surface area contributed by atoms with Gasteiger partial charge in [-0.1, -0.05) is 26.0 Å². The molecular weight excluding hydrogens is 390 g/mol. The monoisotopic (exact) mass is 423 g/mol. The normalized spacial score (nSPS) is 18.2. The van der Waals surface area contributed by atoms with E-state index in [1.807, 2.05) is 43.0 Å². The van der Waals surface area contributed by atoms with Crippen LogP contribution in [0, 0.1) is 5.92 Å². The number of phenolic OH excluding ortho intramolecular Hbond substituents is 1. The Labute approximate surface area is 184 Å². The highest BCUT2D eigenvalue weighted by molar-refractivity contribution is 5.95. The zero-order chi connectivity index (χ0) is 22.0. The topological polar surface area (TPSA) is 67.3 Å². The van der Waals surface area contributed by atoms with Gasteiger partial charge in [0.25, 0.3) is 0 Å². The molecule has 1 atom stereocenters. The number of hydrogen-bond donors (Lipinski definition) is 2. The molecular formula is C25H33N3O3. The van der Waals surface area contributed by atoms with Crippen LogP contribution in [0.15, 0.2) is 42.5 Å². The van der Waals surface area contributed by atoms with Gasteiger partial charge in [0.15, 0.2) is 0 Å². The van der Waals surface area contributed by atoms with Gasteiger partial charge in [-0.25, -0.2) is 0 Å². The Morgan fingerprint density at radius 3 is 2.39 bits per heavy atom. The zero-order valence-electron chi connectivity index (χ0n) is 18.5. The number of aliphatic hydroxyl groups excluding tert-OH is 1. The van der Waals surface area contributed by atoms with Gasteiger partial charge < -0.3 is 20.0 Å². The van der Waals surface area contributed by atoms with Crippen LogP contribution in [0.25, 0.3) is 0 Å². The van der Waals surface area contributed by atoms with E-state index in [1.54, 1.807) is 12.1 Å². The van der Waals surface area contributed by atoms with Crippen molar-refractivity contribution in [1.82, 2.24) is 4.90 Å². The summed E-state index contributed by atoms with van der Waals surface area (Å²) in [7, 11) is 0. The molecule has 2 aliphatic rings. The molecule has 0 radical (unpaired) electrons. The van der Waals surface area contributed by atoms with Crippen LogP contribution in [0.1, 0.15) is 37.5 Å². The Kier molecular flexibility index (Phi) is 6.49. The van der Waals surface area contributed by atoms with Crippen LogP contribution < -0.4 is 9.80 Å². The van der Waals surface area contributed by atoms with Gasteiger partial charge in [-0.05, 0) is 54.3 Å². The summed E-state index contributed by atoms with van der Waals surface area (Å²) < 4.78 is 0. The van der Waals surface area contributed by atoms with E-state index in [0.717, 1.165) is 68.1 Å². The molecule has 0 unspecified atom stereocenters. The first kappa shape index (κ1) is 21.7. The van der Waals surface area contributed by atoms with Crippen molar-refractivity contribution in [1.29, 1.82) is 0 Å². The maximum absolute atomic E-state index is 12.5. The third kappa shape index (κ3) is 4.86. The molecule has 6 heteroatoms. The highest BCUT2D eigenvalue weighted by atomic mass is 16.3. The first-order chi connectivity index (χ1) is 14.9. The number of β-amino-alcohol motifs (C(OH)–C–C–N with tert-alkyl or cyclic N) is 1.